The first kappa shape index (κ1) is 22.0. The Bertz CT molecular complexity index is 1140. The molecule has 0 bridgehead atoms. The molecule has 2 heterocycles. The van der Waals surface area contributed by atoms with E-state index in [0.717, 1.165) is 28.8 Å². The Labute approximate surface area is 192 Å². The van der Waals surface area contributed by atoms with Gasteiger partial charge in [0.2, 0.25) is 5.82 Å². The highest BCUT2D eigenvalue weighted by Crippen LogP contribution is 2.37. The molecular weight excluding hydrogens is 428 g/mol. The smallest absolute Gasteiger partial charge is 0.322 e. The Morgan fingerprint density at radius 2 is 2.00 bits per heavy atom. The Balaban J connectivity index is 1.78. The van der Waals surface area contributed by atoms with Crippen molar-refractivity contribution < 1.29 is 14.1 Å². The number of amides is 2. The number of carbonyl (C=O) groups is 1. The maximum atomic E-state index is 12.9. The number of methoxy groups -OCH3 is 1. The van der Waals surface area contributed by atoms with Gasteiger partial charge in [-0.2, -0.15) is 4.98 Å². The fourth-order valence-electron chi connectivity index (χ4n) is 3.79. The van der Waals surface area contributed by atoms with Gasteiger partial charge < -0.3 is 14.6 Å². The first-order chi connectivity index (χ1) is 15.5. The molecule has 1 aliphatic heterocycles. The van der Waals surface area contributed by atoms with E-state index in [1.165, 1.54) is 5.56 Å². The van der Waals surface area contributed by atoms with Crippen LogP contribution >= 0.6 is 11.6 Å². The monoisotopic (exact) mass is 452 g/mol. The Kier molecular flexibility index (Phi) is 6.58. The van der Waals surface area contributed by atoms with Gasteiger partial charge in [-0.3, -0.25) is 4.90 Å². The number of ether oxygens (including phenoxy) is 1. The Morgan fingerprint density at radius 3 is 2.69 bits per heavy atom. The van der Waals surface area contributed by atoms with Crippen LogP contribution in [-0.4, -0.2) is 41.3 Å². The fraction of sp³-hybridized carbons (Fsp3) is 0.292. The molecule has 0 saturated heterocycles. The highest BCUT2D eigenvalue weighted by Gasteiger charge is 2.35. The molecule has 1 atom stereocenters. The van der Waals surface area contributed by atoms with Crippen molar-refractivity contribution in [3.8, 4) is 11.4 Å². The fourth-order valence-corrected chi connectivity index (χ4v) is 3.98. The number of allylic oxidation sites excluding steroid dienone is 1. The largest absolute Gasteiger partial charge is 0.383 e. The number of hydrogen-bond acceptors (Lipinski definition) is 5. The van der Waals surface area contributed by atoms with Crippen molar-refractivity contribution in [2.45, 2.75) is 26.3 Å². The van der Waals surface area contributed by atoms with Gasteiger partial charge in [-0.05, 0) is 36.6 Å². The molecule has 7 nitrogen and oxygen atoms in total. The molecular formula is C24H25ClN4O3. The van der Waals surface area contributed by atoms with E-state index >= 15 is 0 Å². The molecule has 1 unspecified atom stereocenters. The molecule has 3 aromatic rings. The van der Waals surface area contributed by atoms with Crippen LogP contribution in [0.15, 0.2) is 58.8 Å². The van der Waals surface area contributed by atoms with Crippen LogP contribution in [-0.2, 0) is 11.2 Å². The molecule has 0 aliphatic carbocycles. The molecule has 1 aromatic heterocycles. The van der Waals surface area contributed by atoms with E-state index in [-0.39, 0.29) is 6.03 Å². The van der Waals surface area contributed by atoms with Gasteiger partial charge in [-0.15, -0.1) is 0 Å². The SMILES string of the molecule is CCc1ccc(-c2noc(C3=C(C)N(CCOC)C(=O)NC3c3cccc(Cl)c3)n2)cc1. The maximum absolute atomic E-state index is 12.9. The first-order valence-corrected chi connectivity index (χ1v) is 10.9. The topological polar surface area (TPSA) is 80.5 Å². The number of nitrogens with one attached hydrogen (secondary N) is 1. The van der Waals surface area contributed by atoms with Gasteiger partial charge in [0.15, 0.2) is 0 Å². The summed E-state index contributed by atoms with van der Waals surface area (Å²) in [7, 11) is 1.60. The van der Waals surface area contributed by atoms with Gasteiger partial charge in [-0.25, -0.2) is 4.79 Å². The second-order valence-electron chi connectivity index (χ2n) is 7.55. The van der Waals surface area contributed by atoms with Gasteiger partial charge in [0.1, 0.15) is 0 Å². The van der Waals surface area contributed by atoms with E-state index in [9.17, 15) is 4.79 Å². The maximum Gasteiger partial charge on any atom is 0.322 e. The minimum Gasteiger partial charge on any atom is -0.383 e. The molecule has 1 N–H and O–H groups in total. The molecule has 0 saturated carbocycles. The van der Waals surface area contributed by atoms with E-state index in [4.69, 9.17) is 20.9 Å². The summed E-state index contributed by atoms with van der Waals surface area (Å²) >= 11 is 6.23. The Hall–Kier alpha value is -3.16. The minimum absolute atomic E-state index is 0.219. The normalized spacial score (nSPS) is 16.4. The standard InChI is InChI=1S/C24H25ClN4O3/c1-4-16-8-10-17(11-9-16)22-27-23(32-28-22)20-15(2)29(12-13-31-3)24(30)26-21(20)18-6-5-7-19(25)14-18/h5-11,14,21H,4,12-13H2,1-3H3,(H,26,30). The van der Waals surface area contributed by atoms with Gasteiger partial charge in [0.05, 0.1) is 24.8 Å². The number of aromatic nitrogens is 2. The van der Waals surface area contributed by atoms with E-state index < -0.39 is 6.04 Å². The average molecular weight is 453 g/mol. The first-order valence-electron chi connectivity index (χ1n) is 10.5. The summed E-state index contributed by atoms with van der Waals surface area (Å²) in [5.41, 5.74) is 4.39. The second-order valence-corrected chi connectivity index (χ2v) is 7.99. The molecule has 0 fully saturated rings. The molecule has 2 amide bonds. The van der Waals surface area contributed by atoms with Crippen molar-refractivity contribution in [1.82, 2.24) is 20.4 Å². The van der Waals surface area contributed by atoms with Crippen LogP contribution < -0.4 is 5.32 Å². The lowest BCUT2D eigenvalue weighted by atomic mass is 9.94. The predicted molar refractivity (Wildman–Crippen MR) is 123 cm³/mol. The molecule has 0 spiro atoms. The van der Waals surface area contributed by atoms with Crippen LogP contribution in [0.4, 0.5) is 4.79 Å². The van der Waals surface area contributed by atoms with E-state index in [2.05, 4.69) is 34.5 Å². The average Bonchev–Trinajstić information content (AvgIpc) is 3.28. The molecule has 8 heteroatoms. The zero-order chi connectivity index (χ0) is 22.7. The lowest BCUT2D eigenvalue weighted by molar-refractivity contribution is 0.158. The highest BCUT2D eigenvalue weighted by atomic mass is 35.5. The van der Waals surface area contributed by atoms with E-state index in [1.54, 1.807) is 18.1 Å². The van der Waals surface area contributed by atoms with Gasteiger partial charge in [0.25, 0.3) is 5.89 Å². The summed E-state index contributed by atoms with van der Waals surface area (Å²) in [5, 5.41) is 7.83. The molecule has 4 rings (SSSR count). The number of aryl methyl sites for hydroxylation is 1. The van der Waals surface area contributed by atoms with Gasteiger partial charge >= 0.3 is 6.03 Å². The molecule has 1 aliphatic rings. The molecule has 32 heavy (non-hydrogen) atoms. The third-order valence-electron chi connectivity index (χ3n) is 5.57. The highest BCUT2D eigenvalue weighted by molar-refractivity contribution is 6.30. The van der Waals surface area contributed by atoms with Crippen molar-refractivity contribution in [2.75, 3.05) is 20.3 Å². The van der Waals surface area contributed by atoms with Gasteiger partial charge in [0, 0.05) is 23.4 Å². The lowest BCUT2D eigenvalue weighted by Gasteiger charge is -2.35. The zero-order valence-corrected chi connectivity index (χ0v) is 19.0. The van der Waals surface area contributed by atoms with Gasteiger partial charge in [-0.1, -0.05) is 60.1 Å². The summed E-state index contributed by atoms with van der Waals surface area (Å²) in [5.74, 6) is 0.845. The minimum atomic E-state index is -0.476. The predicted octanol–water partition coefficient (Wildman–Crippen LogP) is 5.10. The van der Waals surface area contributed by atoms with E-state index in [1.807, 2.05) is 37.3 Å². The number of benzene rings is 2. The molecule has 166 valence electrons. The summed E-state index contributed by atoms with van der Waals surface area (Å²) < 4.78 is 10.9. The lowest BCUT2D eigenvalue weighted by Crippen LogP contribution is -2.47. The van der Waals surface area contributed by atoms with Crippen LogP contribution in [0, 0.1) is 0 Å². The number of rotatable bonds is 7. The molecule has 0 radical (unpaired) electrons. The van der Waals surface area contributed by atoms with Crippen molar-refractivity contribution in [3.05, 3.63) is 76.3 Å². The van der Waals surface area contributed by atoms with Crippen LogP contribution in [0.2, 0.25) is 5.02 Å². The van der Waals surface area contributed by atoms with Crippen molar-refractivity contribution >= 4 is 23.2 Å². The second kappa shape index (κ2) is 9.54. The van der Waals surface area contributed by atoms with Crippen molar-refractivity contribution in [2.24, 2.45) is 0 Å². The summed E-state index contributed by atoms with van der Waals surface area (Å²) in [6, 6.07) is 14.8. The van der Waals surface area contributed by atoms with Crippen LogP contribution in [0.25, 0.3) is 17.0 Å². The third kappa shape index (κ3) is 4.40. The zero-order valence-electron chi connectivity index (χ0n) is 18.3. The number of carbonyl (C=O) groups excluding carboxylic acids is 1. The van der Waals surface area contributed by atoms with Crippen molar-refractivity contribution in [3.63, 3.8) is 0 Å². The van der Waals surface area contributed by atoms with Crippen LogP contribution in [0.5, 0.6) is 0 Å². The summed E-state index contributed by atoms with van der Waals surface area (Å²) in [4.78, 5) is 19.2. The number of urea groups is 1. The quantitative estimate of drug-likeness (QED) is 0.539. The number of nitrogens with zero attached hydrogens (tertiary/aromatic N) is 3. The Morgan fingerprint density at radius 1 is 1.22 bits per heavy atom. The number of hydrogen-bond donors (Lipinski definition) is 1. The third-order valence-corrected chi connectivity index (χ3v) is 5.81. The summed E-state index contributed by atoms with van der Waals surface area (Å²) in [6.45, 7) is 4.79. The van der Waals surface area contributed by atoms with Crippen molar-refractivity contribution in [1.29, 1.82) is 0 Å². The van der Waals surface area contributed by atoms with E-state index in [0.29, 0.717) is 29.9 Å². The van der Waals surface area contributed by atoms with Crippen LogP contribution in [0.1, 0.15) is 36.9 Å². The molecule has 2 aromatic carbocycles. The van der Waals surface area contributed by atoms with Crippen LogP contribution in [0.3, 0.4) is 0 Å². The number of halogens is 1. The summed E-state index contributed by atoms with van der Waals surface area (Å²) in [6.07, 6.45) is 0.960.